The average molecular weight is 424 g/mol. The number of H-pyrrole nitrogens is 1. The second kappa shape index (κ2) is 8.41. The Morgan fingerprint density at radius 1 is 1.14 bits per heavy atom. The first kappa shape index (κ1) is 20.5. The van der Waals surface area contributed by atoms with Crippen LogP contribution >= 0.6 is 11.8 Å². The molecule has 1 fully saturated rings. The third kappa shape index (κ3) is 4.59. The third-order valence-electron chi connectivity index (χ3n) is 4.39. The predicted molar refractivity (Wildman–Crippen MR) is 104 cm³/mol. The number of aromatic nitrogens is 3. The highest BCUT2D eigenvalue weighted by molar-refractivity contribution is 7.99. The zero-order valence-electron chi connectivity index (χ0n) is 15.6. The van der Waals surface area contributed by atoms with Crippen molar-refractivity contribution < 1.29 is 18.0 Å². The molecule has 1 aromatic carbocycles. The first-order valence-electron chi connectivity index (χ1n) is 8.68. The topological polar surface area (TPSA) is 116 Å². The molecule has 1 aliphatic heterocycles. The van der Waals surface area contributed by atoms with E-state index in [1.54, 1.807) is 11.8 Å². The third-order valence-corrected chi connectivity index (χ3v) is 7.14. The Bertz CT molecular complexity index is 964. The first-order chi connectivity index (χ1) is 13.3. The van der Waals surface area contributed by atoms with Gasteiger partial charge in [-0.05, 0) is 26.0 Å². The Kier molecular flexibility index (Phi) is 6.16. The van der Waals surface area contributed by atoms with Crippen LogP contribution in [0.25, 0.3) is 0 Å². The van der Waals surface area contributed by atoms with Gasteiger partial charge in [0.25, 0.3) is 0 Å². The number of hydrogen-bond donors (Lipinski definition) is 1. The zero-order chi connectivity index (χ0) is 20.3. The molecule has 1 amide bonds. The van der Waals surface area contributed by atoms with Crippen LogP contribution in [-0.4, -0.2) is 76.4 Å². The van der Waals surface area contributed by atoms with Crippen LogP contribution in [0.1, 0.15) is 23.1 Å². The van der Waals surface area contributed by atoms with Crippen molar-refractivity contribution in [2.75, 3.05) is 31.9 Å². The monoisotopic (exact) mass is 423 g/mol. The highest BCUT2D eigenvalue weighted by Gasteiger charge is 2.30. The van der Waals surface area contributed by atoms with E-state index in [-0.39, 0.29) is 35.4 Å². The maximum absolute atomic E-state index is 12.8. The van der Waals surface area contributed by atoms with Crippen LogP contribution in [0.15, 0.2) is 34.3 Å². The highest BCUT2D eigenvalue weighted by Crippen LogP contribution is 2.19. The van der Waals surface area contributed by atoms with Gasteiger partial charge in [0.2, 0.25) is 21.1 Å². The summed E-state index contributed by atoms with van der Waals surface area (Å²) in [5.74, 6) is 0.700. The fourth-order valence-electron chi connectivity index (χ4n) is 2.79. The van der Waals surface area contributed by atoms with Crippen molar-refractivity contribution in [3.8, 4) is 0 Å². The van der Waals surface area contributed by atoms with E-state index in [0.717, 1.165) is 0 Å². The molecule has 1 saturated heterocycles. The van der Waals surface area contributed by atoms with Crippen LogP contribution in [0.2, 0.25) is 0 Å². The summed E-state index contributed by atoms with van der Waals surface area (Å²) in [6.45, 7) is 4.34. The zero-order valence-corrected chi connectivity index (χ0v) is 17.2. The molecule has 0 atom stereocenters. The molecule has 11 heteroatoms. The Morgan fingerprint density at radius 3 is 2.32 bits per heavy atom. The van der Waals surface area contributed by atoms with Crippen molar-refractivity contribution in [1.82, 2.24) is 24.4 Å². The van der Waals surface area contributed by atoms with Gasteiger partial charge in [-0.3, -0.25) is 14.7 Å². The molecule has 28 heavy (non-hydrogen) atoms. The highest BCUT2D eigenvalue weighted by atomic mass is 32.2. The number of ketones is 1. The number of carbonyl (C=O) groups excluding carboxylic acids is 2. The SMILES string of the molecule is CC(=O)c1ccc(S(=O)(=O)N2CCN(C(=O)CSc3n[nH]c(C)n3)CC2)cc1. The van der Waals surface area contributed by atoms with Crippen molar-refractivity contribution >= 4 is 33.5 Å². The fourth-order valence-corrected chi connectivity index (χ4v) is 4.96. The van der Waals surface area contributed by atoms with Gasteiger partial charge in [0.05, 0.1) is 10.6 Å². The Hall–Kier alpha value is -2.24. The van der Waals surface area contributed by atoms with E-state index in [4.69, 9.17) is 0 Å². The van der Waals surface area contributed by atoms with Crippen LogP contribution in [0.5, 0.6) is 0 Å². The van der Waals surface area contributed by atoms with Gasteiger partial charge in [-0.15, -0.1) is 5.10 Å². The molecule has 0 radical (unpaired) electrons. The molecule has 0 aliphatic carbocycles. The lowest BCUT2D eigenvalue weighted by molar-refractivity contribution is -0.129. The van der Waals surface area contributed by atoms with E-state index < -0.39 is 10.0 Å². The minimum atomic E-state index is -3.65. The van der Waals surface area contributed by atoms with Crippen molar-refractivity contribution in [2.45, 2.75) is 23.9 Å². The summed E-state index contributed by atoms with van der Waals surface area (Å²) in [5.41, 5.74) is 0.466. The molecule has 1 aliphatic rings. The molecule has 2 heterocycles. The van der Waals surface area contributed by atoms with E-state index in [2.05, 4.69) is 15.2 Å². The van der Waals surface area contributed by atoms with Crippen molar-refractivity contribution in [2.24, 2.45) is 0 Å². The summed E-state index contributed by atoms with van der Waals surface area (Å²) >= 11 is 1.25. The van der Waals surface area contributed by atoms with Crippen LogP contribution in [0.4, 0.5) is 0 Å². The minimum Gasteiger partial charge on any atom is -0.339 e. The standard InChI is InChI=1S/C17H21N5O4S2/c1-12(23)14-3-5-15(6-4-14)28(25,26)22-9-7-21(8-10-22)16(24)11-27-17-18-13(2)19-20-17/h3-6H,7-11H2,1-2H3,(H,18,19,20). The number of Topliss-reactive ketones (excluding diaryl/α,β-unsaturated/α-hetero) is 1. The molecule has 0 bridgehead atoms. The molecule has 1 N–H and O–H groups in total. The van der Waals surface area contributed by atoms with Gasteiger partial charge in [-0.25, -0.2) is 13.4 Å². The lowest BCUT2D eigenvalue weighted by atomic mass is 10.2. The number of sulfonamides is 1. The molecule has 3 rings (SSSR count). The summed E-state index contributed by atoms with van der Waals surface area (Å²) in [4.78, 5) is 29.6. The number of nitrogens with zero attached hydrogens (tertiary/aromatic N) is 4. The Balaban J connectivity index is 1.56. The first-order valence-corrected chi connectivity index (χ1v) is 11.1. The van der Waals surface area contributed by atoms with E-state index in [1.165, 1.54) is 47.3 Å². The summed E-state index contributed by atoms with van der Waals surface area (Å²) in [5, 5.41) is 7.21. The van der Waals surface area contributed by atoms with Gasteiger partial charge in [0.15, 0.2) is 5.78 Å². The summed E-state index contributed by atoms with van der Waals surface area (Å²) in [6, 6.07) is 5.91. The smallest absolute Gasteiger partial charge is 0.243 e. The number of thioether (sulfide) groups is 1. The van der Waals surface area contributed by atoms with Crippen LogP contribution < -0.4 is 0 Å². The number of carbonyl (C=O) groups is 2. The lowest BCUT2D eigenvalue weighted by Crippen LogP contribution is -2.50. The largest absolute Gasteiger partial charge is 0.339 e. The van der Waals surface area contributed by atoms with Gasteiger partial charge >= 0.3 is 0 Å². The number of benzene rings is 1. The van der Waals surface area contributed by atoms with E-state index in [0.29, 0.717) is 29.6 Å². The number of amides is 1. The number of aryl methyl sites for hydroxylation is 1. The van der Waals surface area contributed by atoms with Gasteiger partial charge in [0.1, 0.15) is 5.82 Å². The van der Waals surface area contributed by atoms with Gasteiger partial charge in [-0.2, -0.15) is 4.31 Å². The van der Waals surface area contributed by atoms with Crippen LogP contribution in [-0.2, 0) is 14.8 Å². The van der Waals surface area contributed by atoms with Crippen LogP contribution in [0.3, 0.4) is 0 Å². The Morgan fingerprint density at radius 2 is 1.79 bits per heavy atom. The maximum atomic E-state index is 12.8. The van der Waals surface area contributed by atoms with Gasteiger partial charge in [-0.1, -0.05) is 23.9 Å². The normalized spacial score (nSPS) is 15.6. The number of hydrogen-bond acceptors (Lipinski definition) is 7. The number of piperazine rings is 1. The second-order valence-corrected chi connectivity index (χ2v) is 9.24. The molecule has 0 unspecified atom stereocenters. The van der Waals surface area contributed by atoms with Crippen molar-refractivity contribution in [1.29, 1.82) is 0 Å². The molecule has 2 aromatic rings. The maximum Gasteiger partial charge on any atom is 0.243 e. The quantitative estimate of drug-likeness (QED) is 0.543. The molecule has 1 aromatic heterocycles. The number of nitrogens with one attached hydrogen (secondary N) is 1. The molecule has 0 saturated carbocycles. The molecule has 0 spiro atoms. The average Bonchev–Trinajstić information content (AvgIpc) is 3.11. The lowest BCUT2D eigenvalue weighted by Gasteiger charge is -2.34. The molecular weight excluding hydrogens is 402 g/mol. The van der Waals surface area contributed by atoms with Gasteiger partial charge < -0.3 is 4.90 Å². The molecule has 150 valence electrons. The van der Waals surface area contributed by atoms with E-state index in [1.807, 2.05) is 0 Å². The van der Waals surface area contributed by atoms with Gasteiger partial charge in [0, 0.05) is 31.7 Å². The fraction of sp³-hybridized carbons (Fsp3) is 0.412. The number of aromatic amines is 1. The summed E-state index contributed by atoms with van der Waals surface area (Å²) in [6.07, 6.45) is 0. The predicted octanol–water partition coefficient (Wildman–Crippen LogP) is 0.941. The molecule has 9 nitrogen and oxygen atoms in total. The summed E-state index contributed by atoms with van der Waals surface area (Å²) in [7, 11) is -3.65. The number of rotatable bonds is 6. The van der Waals surface area contributed by atoms with E-state index in [9.17, 15) is 18.0 Å². The van der Waals surface area contributed by atoms with Crippen molar-refractivity contribution in [3.05, 3.63) is 35.7 Å². The minimum absolute atomic E-state index is 0.0738. The second-order valence-electron chi connectivity index (χ2n) is 6.36. The Labute approximate surface area is 167 Å². The molecular formula is C17H21N5O4S2. The van der Waals surface area contributed by atoms with Crippen LogP contribution in [0, 0.1) is 6.92 Å². The van der Waals surface area contributed by atoms with E-state index >= 15 is 0 Å². The van der Waals surface area contributed by atoms with Crippen molar-refractivity contribution in [3.63, 3.8) is 0 Å². The summed E-state index contributed by atoms with van der Waals surface area (Å²) < 4.78 is 26.9.